The number of rotatable bonds is 3. The molecule has 0 radical (unpaired) electrons. The second-order valence-electron chi connectivity index (χ2n) is 4.18. The second-order valence-corrected chi connectivity index (χ2v) is 4.18. The Hall–Kier alpha value is -1.70. The van der Waals surface area contributed by atoms with Gasteiger partial charge in [-0.15, -0.1) is 6.42 Å². The van der Waals surface area contributed by atoms with Gasteiger partial charge in [0.1, 0.15) is 11.6 Å². The van der Waals surface area contributed by atoms with Gasteiger partial charge in [-0.1, -0.05) is 5.92 Å². The smallest absolute Gasteiger partial charge is 0.408 e. The maximum atomic E-state index is 11.3. The third kappa shape index (κ3) is 6.71. The monoisotopic (exact) mass is 227 g/mol. The second kappa shape index (κ2) is 6.01. The molecule has 0 bridgehead atoms. The number of hydrogen-bond donors (Lipinski definition) is 1. The Bertz CT molecular complexity index is 298. The normalized spacial score (nSPS) is 12.2. The van der Waals surface area contributed by atoms with Crippen LogP contribution in [0.5, 0.6) is 0 Å². The molecule has 0 spiro atoms. The highest BCUT2D eigenvalue weighted by molar-refractivity contribution is 5.81. The van der Waals surface area contributed by atoms with Gasteiger partial charge in [-0.05, 0) is 27.7 Å². The average Bonchev–Trinajstić information content (AvgIpc) is 2.10. The lowest BCUT2D eigenvalue weighted by molar-refractivity contribution is -0.144. The summed E-state index contributed by atoms with van der Waals surface area (Å²) in [5.41, 5.74) is -0.605. The van der Waals surface area contributed by atoms with E-state index >= 15 is 0 Å². The van der Waals surface area contributed by atoms with Crippen molar-refractivity contribution in [1.82, 2.24) is 5.32 Å². The molecule has 5 heteroatoms. The van der Waals surface area contributed by atoms with Crippen molar-refractivity contribution in [1.29, 1.82) is 0 Å². The molecule has 0 aliphatic rings. The Morgan fingerprint density at radius 3 is 2.44 bits per heavy atom. The summed E-state index contributed by atoms with van der Waals surface area (Å²) in [4.78, 5) is 22.5. The van der Waals surface area contributed by atoms with Crippen LogP contribution >= 0.6 is 0 Å². The van der Waals surface area contributed by atoms with E-state index in [9.17, 15) is 9.59 Å². The van der Waals surface area contributed by atoms with Crippen molar-refractivity contribution in [2.45, 2.75) is 39.3 Å². The van der Waals surface area contributed by atoms with Gasteiger partial charge >= 0.3 is 12.1 Å². The van der Waals surface area contributed by atoms with E-state index in [0.29, 0.717) is 0 Å². The number of alkyl carbamates (subject to hydrolysis) is 1. The maximum Gasteiger partial charge on any atom is 0.408 e. The molecule has 0 aromatic carbocycles. The molecule has 0 aliphatic carbocycles. The van der Waals surface area contributed by atoms with Crippen LogP contribution < -0.4 is 5.32 Å². The molecule has 0 fully saturated rings. The molecule has 16 heavy (non-hydrogen) atoms. The number of carbonyl (C=O) groups is 2. The SMILES string of the molecule is C#CCOC(=O)C(C)NC(=O)OC(C)(C)C. The molecule has 90 valence electrons. The van der Waals surface area contributed by atoms with Crippen LogP contribution in [-0.2, 0) is 14.3 Å². The minimum Gasteiger partial charge on any atom is -0.451 e. The zero-order chi connectivity index (χ0) is 12.8. The van der Waals surface area contributed by atoms with E-state index < -0.39 is 23.7 Å². The van der Waals surface area contributed by atoms with E-state index in [2.05, 4.69) is 16.0 Å². The van der Waals surface area contributed by atoms with Gasteiger partial charge in [-0.25, -0.2) is 9.59 Å². The summed E-state index contributed by atoms with van der Waals surface area (Å²) in [6.07, 6.45) is 4.25. The average molecular weight is 227 g/mol. The molecule has 0 aliphatic heterocycles. The van der Waals surface area contributed by atoms with E-state index in [4.69, 9.17) is 11.2 Å². The zero-order valence-corrected chi connectivity index (χ0v) is 9.99. The van der Waals surface area contributed by atoms with Crippen LogP contribution in [0.3, 0.4) is 0 Å². The van der Waals surface area contributed by atoms with Gasteiger partial charge in [0.2, 0.25) is 0 Å². The Morgan fingerprint density at radius 2 is 2.00 bits per heavy atom. The summed E-state index contributed by atoms with van der Waals surface area (Å²) in [6.45, 7) is 6.57. The van der Waals surface area contributed by atoms with E-state index in [1.54, 1.807) is 20.8 Å². The van der Waals surface area contributed by atoms with Crippen molar-refractivity contribution in [2.24, 2.45) is 0 Å². The van der Waals surface area contributed by atoms with Gasteiger partial charge in [-0.3, -0.25) is 0 Å². The van der Waals surface area contributed by atoms with Crippen LogP contribution in [0, 0.1) is 12.3 Å². The highest BCUT2D eigenvalue weighted by Crippen LogP contribution is 2.06. The molecular weight excluding hydrogens is 210 g/mol. The number of esters is 1. The topological polar surface area (TPSA) is 64.6 Å². The van der Waals surface area contributed by atoms with Gasteiger partial charge in [0.05, 0.1) is 0 Å². The summed E-state index contributed by atoms with van der Waals surface area (Å²) >= 11 is 0. The van der Waals surface area contributed by atoms with Gasteiger partial charge in [0, 0.05) is 0 Å². The molecule has 1 amide bonds. The Kier molecular flexibility index (Phi) is 5.37. The quantitative estimate of drug-likeness (QED) is 0.578. The predicted molar refractivity (Wildman–Crippen MR) is 58.6 cm³/mol. The molecular formula is C11H17NO4. The molecule has 1 N–H and O–H groups in total. The first-order valence-corrected chi connectivity index (χ1v) is 4.86. The largest absolute Gasteiger partial charge is 0.451 e. The van der Waals surface area contributed by atoms with Crippen molar-refractivity contribution in [3.8, 4) is 12.3 Å². The first-order chi connectivity index (χ1) is 7.26. The van der Waals surface area contributed by atoms with Gasteiger partial charge in [-0.2, -0.15) is 0 Å². The molecule has 0 aromatic heterocycles. The Balaban J connectivity index is 4.05. The maximum absolute atomic E-state index is 11.3. The van der Waals surface area contributed by atoms with E-state index in [0.717, 1.165) is 0 Å². The number of carbonyl (C=O) groups excluding carboxylic acids is 2. The van der Waals surface area contributed by atoms with E-state index in [-0.39, 0.29) is 6.61 Å². The third-order valence-electron chi connectivity index (χ3n) is 1.38. The number of ether oxygens (including phenoxy) is 2. The highest BCUT2D eigenvalue weighted by Gasteiger charge is 2.21. The lowest BCUT2D eigenvalue weighted by Crippen LogP contribution is -2.42. The van der Waals surface area contributed by atoms with Gasteiger partial charge in [0.25, 0.3) is 0 Å². The highest BCUT2D eigenvalue weighted by atomic mass is 16.6. The van der Waals surface area contributed by atoms with Crippen LogP contribution in [0.1, 0.15) is 27.7 Å². The zero-order valence-electron chi connectivity index (χ0n) is 9.99. The molecule has 1 unspecified atom stereocenters. The van der Waals surface area contributed by atoms with Crippen molar-refractivity contribution >= 4 is 12.1 Å². The first kappa shape index (κ1) is 14.3. The predicted octanol–water partition coefficient (Wildman–Crippen LogP) is 1.08. The fourth-order valence-corrected chi connectivity index (χ4v) is 0.781. The Morgan fingerprint density at radius 1 is 1.44 bits per heavy atom. The van der Waals surface area contributed by atoms with Crippen LogP contribution in [0.2, 0.25) is 0 Å². The fourth-order valence-electron chi connectivity index (χ4n) is 0.781. The summed E-state index contributed by atoms with van der Waals surface area (Å²) in [5, 5.41) is 2.34. The summed E-state index contributed by atoms with van der Waals surface area (Å²) in [6, 6.07) is -0.789. The van der Waals surface area contributed by atoms with Gasteiger partial charge < -0.3 is 14.8 Å². The van der Waals surface area contributed by atoms with Gasteiger partial charge in [0.15, 0.2) is 6.61 Å². The molecule has 5 nitrogen and oxygen atoms in total. The molecule has 0 saturated carbocycles. The van der Waals surface area contributed by atoms with Crippen molar-refractivity contribution in [3.05, 3.63) is 0 Å². The first-order valence-electron chi connectivity index (χ1n) is 4.86. The minimum absolute atomic E-state index is 0.112. The molecule has 0 aromatic rings. The number of hydrogen-bond acceptors (Lipinski definition) is 4. The van der Waals surface area contributed by atoms with Crippen LogP contribution in [0.15, 0.2) is 0 Å². The molecule has 1 atom stereocenters. The number of terminal acetylenes is 1. The minimum atomic E-state index is -0.789. The summed E-state index contributed by atoms with van der Waals surface area (Å²) in [7, 11) is 0. The van der Waals surface area contributed by atoms with Crippen LogP contribution in [0.4, 0.5) is 4.79 Å². The lowest BCUT2D eigenvalue weighted by Gasteiger charge is -2.21. The molecule has 0 heterocycles. The van der Waals surface area contributed by atoms with Crippen LogP contribution in [0.25, 0.3) is 0 Å². The number of nitrogens with one attached hydrogen (secondary N) is 1. The lowest BCUT2D eigenvalue weighted by atomic mass is 10.2. The summed E-state index contributed by atoms with van der Waals surface area (Å²) in [5.74, 6) is 1.56. The standard InChI is InChI=1S/C11H17NO4/c1-6-7-15-9(13)8(2)12-10(14)16-11(3,4)5/h1,8H,7H2,2-5H3,(H,12,14). The molecule has 0 rings (SSSR count). The van der Waals surface area contributed by atoms with E-state index in [1.165, 1.54) is 6.92 Å². The van der Waals surface area contributed by atoms with Crippen LogP contribution in [-0.4, -0.2) is 30.3 Å². The third-order valence-corrected chi connectivity index (χ3v) is 1.38. The Labute approximate surface area is 95.5 Å². The molecule has 0 saturated heterocycles. The summed E-state index contributed by atoms with van der Waals surface area (Å²) < 4.78 is 9.60. The fraction of sp³-hybridized carbons (Fsp3) is 0.636. The van der Waals surface area contributed by atoms with Crippen molar-refractivity contribution in [3.63, 3.8) is 0 Å². The van der Waals surface area contributed by atoms with E-state index in [1.807, 2.05) is 0 Å². The van der Waals surface area contributed by atoms with Crippen molar-refractivity contribution < 1.29 is 19.1 Å². The van der Waals surface area contributed by atoms with Crippen molar-refractivity contribution in [2.75, 3.05) is 6.61 Å². The number of amides is 1.